The molecule has 0 aliphatic carbocycles. The quantitative estimate of drug-likeness (QED) is 0.358. The number of hydrogen-bond acceptors (Lipinski definition) is 8. The number of halogens is 4. The van der Waals surface area contributed by atoms with Gasteiger partial charge in [0.2, 0.25) is 0 Å². The number of alkyl halides is 3. The third kappa shape index (κ3) is 7.65. The fourth-order valence-corrected chi connectivity index (χ4v) is 3.85. The van der Waals surface area contributed by atoms with Gasteiger partial charge in [-0.1, -0.05) is 0 Å². The summed E-state index contributed by atoms with van der Waals surface area (Å²) in [4.78, 5) is 14.0. The van der Waals surface area contributed by atoms with Crippen LogP contribution in [0.2, 0.25) is 0 Å². The summed E-state index contributed by atoms with van der Waals surface area (Å²) >= 11 is 0. The van der Waals surface area contributed by atoms with Crippen LogP contribution in [-0.2, 0) is 22.3 Å². The molecule has 2 aromatic rings. The Morgan fingerprint density at radius 3 is 2.57 bits per heavy atom. The highest BCUT2D eigenvalue weighted by atomic mass is 19.4. The van der Waals surface area contributed by atoms with E-state index < -0.39 is 40.6 Å². The summed E-state index contributed by atoms with van der Waals surface area (Å²) in [6.45, 7) is 5.67. The molecule has 0 radical (unpaired) electrons. The van der Waals surface area contributed by atoms with E-state index in [2.05, 4.69) is 15.5 Å². The van der Waals surface area contributed by atoms with Crippen LogP contribution in [-0.4, -0.2) is 69.3 Å². The minimum Gasteiger partial charge on any atom is -0.507 e. The predicted octanol–water partition coefficient (Wildman–Crippen LogP) is 4.33. The van der Waals surface area contributed by atoms with Crippen LogP contribution in [0, 0.1) is 5.82 Å². The van der Waals surface area contributed by atoms with Crippen LogP contribution in [0.3, 0.4) is 0 Å². The van der Waals surface area contributed by atoms with Crippen LogP contribution in [0.4, 0.5) is 28.2 Å². The highest BCUT2D eigenvalue weighted by Crippen LogP contribution is 2.39. The summed E-state index contributed by atoms with van der Waals surface area (Å²) in [5, 5.41) is 30.4. The minimum absolute atomic E-state index is 0.0561. The summed E-state index contributed by atoms with van der Waals surface area (Å²) in [6, 6.07) is 1.96. The Balaban J connectivity index is 1.86. The van der Waals surface area contributed by atoms with Crippen molar-refractivity contribution in [1.82, 2.24) is 15.1 Å². The van der Waals surface area contributed by atoms with Crippen LogP contribution in [0.5, 0.6) is 5.75 Å². The Morgan fingerprint density at radius 1 is 1.22 bits per heavy atom. The monoisotopic (exact) mass is 530 g/mol. The van der Waals surface area contributed by atoms with Gasteiger partial charge in [-0.2, -0.15) is 13.2 Å². The molecule has 1 aliphatic rings. The first kappa shape index (κ1) is 28.4. The second-order valence-corrected chi connectivity index (χ2v) is 9.64. The van der Waals surface area contributed by atoms with E-state index in [-0.39, 0.29) is 49.0 Å². The average Bonchev–Trinajstić information content (AvgIpc) is 2.78. The van der Waals surface area contributed by atoms with Gasteiger partial charge in [0.15, 0.2) is 0 Å². The molecule has 1 saturated heterocycles. The number of rotatable bonds is 7. The molecule has 3 N–H and O–H groups in total. The van der Waals surface area contributed by atoms with E-state index in [1.165, 1.54) is 6.07 Å². The van der Waals surface area contributed by atoms with Crippen molar-refractivity contribution in [3.63, 3.8) is 0 Å². The van der Waals surface area contributed by atoms with Crippen molar-refractivity contribution >= 4 is 11.9 Å². The maximum atomic E-state index is 14.7. The number of carbonyl (C=O) groups excluding carboxylic acids is 1. The minimum atomic E-state index is -4.85. The van der Waals surface area contributed by atoms with Gasteiger partial charge in [-0.05, 0) is 51.8 Å². The van der Waals surface area contributed by atoms with E-state index in [4.69, 9.17) is 14.6 Å². The number of nitrogens with zero attached hydrogens (tertiary/aromatic N) is 3. The third-order valence-electron chi connectivity index (χ3n) is 5.42. The molecule has 0 saturated carbocycles. The molecule has 0 bridgehead atoms. The van der Waals surface area contributed by atoms with Gasteiger partial charge in [0.25, 0.3) is 0 Å². The number of aromatic hydroxyl groups is 1. The van der Waals surface area contributed by atoms with E-state index >= 15 is 0 Å². The molecule has 37 heavy (non-hydrogen) atoms. The molecule has 1 aromatic carbocycles. The summed E-state index contributed by atoms with van der Waals surface area (Å²) in [6.07, 6.45) is -3.87. The molecule has 1 fully saturated rings. The SMILES string of the molecule is CC(C)(C)OC(=O)N1CCC[C@@H](Nc2cc(COCCO)c(-c3c(O)cc(C(F)(F)F)cc3F)nn2)C1. The summed E-state index contributed by atoms with van der Waals surface area (Å²) in [5.74, 6) is -2.02. The largest absolute Gasteiger partial charge is 0.507 e. The molecule has 1 aromatic heterocycles. The number of amides is 1. The van der Waals surface area contributed by atoms with Crippen molar-refractivity contribution in [1.29, 1.82) is 0 Å². The molecule has 3 rings (SSSR count). The molecule has 1 atom stereocenters. The number of hydrogen-bond donors (Lipinski definition) is 3. The van der Waals surface area contributed by atoms with Gasteiger partial charge in [-0.25, -0.2) is 9.18 Å². The van der Waals surface area contributed by atoms with Gasteiger partial charge in [0.1, 0.15) is 28.7 Å². The molecule has 204 valence electrons. The van der Waals surface area contributed by atoms with Gasteiger partial charge >= 0.3 is 12.3 Å². The second-order valence-electron chi connectivity index (χ2n) is 9.64. The first-order valence-corrected chi connectivity index (χ1v) is 11.7. The van der Waals surface area contributed by atoms with Gasteiger partial charge in [-0.15, -0.1) is 10.2 Å². The van der Waals surface area contributed by atoms with Crippen molar-refractivity contribution in [3.8, 4) is 17.0 Å². The first-order valence-electron chi connectivity index (χ1n) is 11.7. The number of piperidine rings is 1. The van der Waals surface area contributed by atoms with E-state index in [0.717, 1.165) is 0 Å². The normalized spacial score (nSPS) is 16.5. The van der Waals surface area contributed by atoms with Crippen LogP contribution < -0.4 is 5.32 Å². The number of phenols is 1. The number of ether oxygens (including phenoxy) is 2. The van der Waals surface area contributed by atoms with Crippen molar-refractivity contribution in [2.24, 2.45) is 0 Å². The highest BCUT2D eigenvalue weighted by molar-refractivity contribution is 5.72. The molecular formula is C24H30F4N4O5. The Bertz CT molecular complexity index is 1080. The number of phenolic OH excluding ortho intramolecular Hbond substituents is 1. The van der Waals surface area contributed by atoms with Crippen LogP contribution in [0.15, 0.2) is 18.2 Å². The maximum Gasteiger partial charge on any atom is 0.416 e. The zero-order valence-corrected chi connectivity index (χ0v) is 20.7. The number of anilines is 1. The number of aliphatic hydroxyl groups is 1. The second kappa shape index (κ2) is 11.5. The number of likely N-dealkylation sites (tertiary alicyclic amines) is 1. The molecule has 9 nitrogen and oxygen atoms in total. The van der Waals surface area contributed by atoms with E-state index in [9.17, 15) is 27.5 Å². The molecule has 13 heteroatoms. The maximum absolute atomic E-state index is 14.7. The standard InChI is InChI=1S/C24H30F4N4O5/c1-23(2,3)37-22(35)32-6-4-5-16(12-32)29-19-9-14(13-36-8-7-33)21(31-30-19)20-17(25)10-15(11-18(20)34)24(26,27)28/h9-11,16,33-34H,4-8,12-13H2,1-3H3,(H,29,30)/t16-/m1/s1. The summed E-state index contributed by atoms with van der Waals surface area (Å²) in [5.41, 5.74) is -2.52. The van der Waals surface area contributed by atoms with E-state index in [1.54, 1.807) is 25.7 Å². The summed E-state index contributed by atoms with van der Waals surface area (Å²) < 4.78 is 64.5. The fourth-order valence-electron chi connectivity index (χ4n) is 3.85. The summed E-state index contributed by atoms with van der Waals surface area (Å²) in [7, 11) is 0. The molecular weight excluding hydrogens is 500 g/mol. The van der Waals surface area contributed by atoms with Crippen LogP contribution >= 0.6 is 0 Å². The van der Waals surface area contributed by atoms with Crippen LogP contribution in [0.1, 0.15) is 44.7 Å². The van der Waals surface area contributed by atoms with Gasteiger partial charge in [0, 0.05) is 24.7 Å². The Labute approximate surface area is 211 Å². The van der Waals surface area contributed by atoms with E-state index in [1.807, 2.05) is 0 Å². The number of benzene rings is 1. The lowest BCUT2D eigenvalue weighted by molar-refractivity contribution is -0.137. The van der Waals surface area contributed by atoms with Crippen molar-refractivity contribution in [3.05, 3.63) is 35.1 Å². The van der Waals surface area contributed by atoms with Crippen molar-refractivity contribution in [2.75, 3.05) is 31.6 Å². The lowest BCUT2D eigenvalue weighted by atomic mass is 10.0. The van der Waals surface area contributed by atoms with Gasteiger partial charge in [0.05, 0.1) is 30.9 Å². The highest BCUT2D eigenvalue weighted by Gasteiger charge is 2.33. The Morgan fingerprint density at radius 2 is 1.95 bits per heavy atom. The average molecular weight is 531 g/mol. The molecule has 0 spiro atoms. The fraction of sp³-hybridized carbons (Fsp3) is 0.542. The Kier molecular flexibility index (Phi) is 8.80. The zero-order chi connectivity index (χ0) is 27.4. The van der Waals surface area contributed by atoms with Crippen molar-refractivity contribution in [2.45, 2.75) is 58.0 Å². The first-order chi connectivity index (χ1) is 17.3. The lowest BCUT2D eigenvalue weighted by Crippen LogP contribution is -2.47. The third-order valence-corrected chi connectivity index (χ3v) is 5.42. The number of aliphatic hydroxyl groups excluding tert-OH is 1. The van der Waals surface area contributed by atoms with Crippen LogP contribution in [0.25, 0.3) is 11.3 Å². The Hall–Kier alpha value is -3.19. The molecule has 1 amide bonds. The van der Waals surface area contributed by atoms with E-state index in [0.29, 0.717) is 32.0 Å². The topological polar surface area (TPSA) is 117 Å². The predicted molar refractivity (Wildman–Crippen MR) is 125 cm³/mol. The lowest BCUT2D eigenvalue weighted by Gasteiger charge is -2.34. The van der Waals surface area contributed by atoms with Gasteiger partial charge in [-0.3, -0.25) is 0 Å². The number of aromatic nitrogens is 2. The smallest absolute Gasteiger partial charge is 0.416 e. The zero-order valence-electron chi connectivity index (χ0n) is 20.7. The number of nitrogens with one attached hydrogen (secondary N) is 1. The number of carbonyl (C=O) groups is 1. The molecule has 1 aliphatic heterocycles. The molecule has 0 unspecified atom stereocenters. The van der Waals surface area contributed by atoms with Gasteiger partial charge < -0.3 is 29.9 Å². The molecule has 2 heterocycles. The van der Waals surface area contributed by atoms with Crippen molar-refractivity contribution < 1.29 is 42.0 Å².